The van der Waals surface area contributed by atoms with Crippen molar-refractivity contribution in [2.45, 2.75) is 76.7 Å². The number of amides is 1. The number of benzene rings is 3. The molecule has 4 rings (SSSR count). The highest BCUT2D eigenvalue weighted by Gasteiger charge is 2.46. The number of carbonyl (C=O) groups excluding carboxylic acids is 1. The van der Waals surface area contributed by atoms with E-state index in [9.17, 15) is 9.18 Å². The summed E-state index contributed by atoms with van der Waals surface area (Å²) < 4.78 is 20.2. The minimum atomic E-state index is -0.685. The van der Waals surface area contributed by atoms with Gasteiger partial charge in [0.1, 0.15) is 18.0 Å². The van der Waals surface area contributed by atoms with E-state index in [1.165, 1.54) is 12.1 Å². The zero-order chi connectivity index (χ0) is 26.4. The number of hydrogen-bond acceptors (Lipinski definition) is 2. The lowest BCUT2D eigenvalue weighted by molar-refractivity contribution is -0.179. The third-order valence-corrected chi connectivity index (χ3v) is 7.58. The fourth-order valence-electron chi connectivity index (χ4n) is 5.24. The first-order valence-electron chi connectivity index (χ1n) is 13.1. The normalized spacial score (nSPS) is 20.7. The molecular weight excluding hydrogens is 508 g/mol. The Morgan fingerprint density at radius 2 is 1.43 bits per heavy atom. The second kappa shape index (κ2) is 12.9. The van der Waals surface area contributed by atoms with Crippen molar-refractivity contribution in [3.05, 3.63) is 105 Å². The summed E-state index contributed by atoms with van der Waals surface area (Å²) in [7, 11) is 0. The monoisotopic (exact) mass is 541 g/mol. The molecule has 1 aliphatic heterocycles. The number of hydrogen-bond donors (Lipinski definition) is 0. The molecule has 6 heteroatoms. The molecule has 3 aromatic rings. The second-order valence-electron chi connectivity index (χ2n) is 9.75. The third kappa shape index (κ3) is 6.73. The lowest BCUT2D eigenvalue weighted by Crippen LogP contribution is -2.55. The molecule has 0 N–H and O–H groups in total. The molecule has 1 aliphatic rings. The van der Waals surface area contributed by atoms with Crippen LogP contribution in [0.3, 0.4) is 0 Å². The van der Waals surface area contributed by atoms with Crippen LogP contribution in [-0.2, 0) is 16.0 Å². The van der Waals surface area contributed by atoms with E-state index < -0.39 is 12.2 Å². The van der Waals surface area contributed by atoms with Crippen LogP contribution in [0.1, 0.15) is 74.8 Å². The van der Waals surface area contributed by atoms with Crippen molar-refractivity contribution < 1.29 is 13.9 Å². The highest BCUT2D eigenvalue weighted by Crippen LogP contribution is 2.45. The van der Waals surface area contributed by atoms with Crippen molar-refractivity contribution in [2.75, 3.05) is 0 Å². The van der Waals surface area contributed by atoms with E-state index in [2.05, 4.69) is 18.7 Å². The number of morpholine rings is 1. The summed E-state index contributed by atoms with van der Waals surface area (Å²) in [6.07, 6.45) is 4.20. The van der Waals surface area contributed by atoms with Gasteiger partial charge in [0.05, 0.1) is 6.04 Å². The van der Waals surface area contributed by atoms with Crippen LogP contribution in [0.5, 0.6) is 0 Å². The average Bonchev–Trinajstić information content (AvgIpc) is 2.90. The molecule has 0 aliphatic carbocycles. The molecule has 1 heterocycles. The van der Waals surface area contributed by atoms with E-state index in [1.807, 2.05) is 48.5 Å². The lowest BCUT2D eigenvalue weighted by atomic mass is 9.88. The summed E-state index contributed by atoms with van der Waals surface area (Å²) in [6, 6.07) is 21.4. The lowest BCUT2D eigenvalue weighted by Gasteiger charge is -2.48. The number of carbonyl (C=O) groups is 1. The fourth-order valence-corrected chi connectivity index (χ4v) is 5.49. The van der Waals surface area contributed by atoms with E-state index >= 15 is 0 Å². The first-order chi connectivity index (χ1) is 17.9. The quantitative estimate of drug-likeness (QED) is 0.256. The van der Waals surface area contributed by atoms with Gasteiger partial charge < -0.3 is 9.64 Å². The maximum atomic E-state index is 14.2. The van der Waals surface area contributed by atoms with Gasteiger partial charge >= 0.3 is 0 Å². The van der Waals surface area contributed by atoms with Crippen molar-refractivity contribution >= 4 is 29.1 Å². The molecule has 0 spiro atoms. The van der Waals surface area contributed by atoms with Crippen molar-refractivity contribution in [2.24, 2.45) is 0 Å². The van der Waals surface area contributed by atoms with Crippen LogP contribution in [-0.4, -0.2) is 23.0 Å². The zero-order valence-electron chi connectivity index (χ0n) is 21.4. The molecule has 4 atom stereocenters. The molecule has 1 saturated heterocycles. The van der Waals surface area contributed by atoms with E-state index in [0.717, 1.165) is 48.8 Å². The Labute approximate surface area is 229 Å². The van der Waals surface area contributed by atoms with Crippen molar-refractivity contribution in [1.29, 1.82) is 0 Å². The van der Waals surface area contributed by atoms with Gasteiger partial charge in [-0.3, -0.25) is 4.79 Å². The molecule has 0 radical (unpaired) electrons. The highest BCUT2D eigenvalue weighted by atomic mass is 35.5. The Balaban J connectivity index is 1.81. The van der Waals surface area contributed by atoms with Crippen LogP contribution in [0.4, 0.5) is 4.39 Å². The van der Waals surface area contributed by atoms with Crippen LogP contribution in [0.2, 0.25) is 10.0 Å². The summed E-state index contributed by atoms with van der Waals surface area (Å²) in [5.41, 5.74) is 2.80. The highest BCUT2D eigenvalue weighted by molar-refractivity contribution is 6.30. The predicted molar refractivity (Wildman–Crippen MR) is 148 cm³/mol. The van der Waals surface area contributed by atoms with Crippen molar-refractivity contribution in [3.8, 4) is 0 Å². The summed E-state index contributed by atoms with van der Waals surface area (Å²) in [4.78, 5) is 16.3. The second-order valence-corrected chi connectivity index (χ2v) is 10.6. The summed E-state index contributed by atoms with van der Waals surface area (Å²) >= 11 is 12.5. The van der Waals surface area contributed by atoms with Gasteiger partial charge in [0.15, 0.2) is 0 Å². The first-order valence-corrected chi connectivity index (χ1v) is 13.9. The molecule has 37 heavy (non-hydrogen) atoms. The van der Waals surface area contributed by atoms with Crippen LogP contribution < -0.4 is 0 Å². The van der Waals surface area contributed by atoms with Gasteiger partial charge in [-0.2, -0.15) is 0 Å². The molecular formula is C31H34Cl2FNO2. The maximum Gasteiger partial charge on any atom is 0.252 e. The van der Waals surface area contributed by atoms with Gasteiger partial charge in [-0.05, 0) is 65.9 Å². The van der Waals surface area contributed by atoms with Gasteiger partial charge in [-0.25, -0.2) is 4.39 Å². The maximum absolute atomic E-state index is 14.2. The summed E-state index contributed by atoms with van der Waals surface area (Å²) in [5, 5.41) is 1.29. The van der Waals surface area contributed by atoms with Crippen LogP contribution in [0.15, 0.2) is 72.8 Å². The van der Waals surface area contributed by atoms with E-state index in [-0.39, 0.29) is 23.8 Å². The molecule has 0 aromatic heterocycles. The van der Waals surface area contributed by atoms with E-state index in [1.54, 1.807) is 12.1 Å². The van der Waals surface area contributed by atoms with Gasteiger partial charge in [0.2, 0.25) is 0 Å². The molecule has 0 saturated carbocycles. The number of rotatable bonds is 10. The van der Waals surface area contributed by atoms with Crippen LogP contribution in [0, 0.1) is 5.82 Å². The molecule has 3 aromatic carbocycles. The smallest absolute Gasteiger partial charge is 0.252 e. The fraction of sp³-hybridized carbons (Fsp3) is 0.387. The minimum absolute atomic E-state index is 0.0240. The Morgan fingerprint density at radius 1 is 0.838 bits per heavy atom. The topological polar surface area (TPSA) is 29.5 Å². The van der Waals surface area contributed by atoms with Crippen molar-refractivity contribution in [3.63, 3.8) is 0 Å². The van der Waals surface area contributed by atoms with Gasteiger partial charge in [0.25, 0.3) is 5.91 Å². The van der Waals surface area contributed by atoms with E-state index in [0.29, 0.717) is 16.5 Å². The van der Waals surface area contributed by atoms with Crippen LogP contribution >= 0.6 is 23.2 Å². The summed E-state index contributed by atoms with van der Waals surface area (Å²) in [5.74, 6) is -0.324. The number of halogens is 3. The van der Waals surface area contributed by atoms with E-state index in [4.69, 9.17) is 27.9 Å². The molecule has 1 amide bonds. The van der Waals surface area contributed by atoms with Gasteiger partial charge in [0, 0.05) is 22.5 Å². The number of ether oxygens (including phenoxy) is 1. The largest absolute Gasteiger partial charge is 0.358 e. The third-order valence-electron chi connectivity index (χ3n) is 7.08. The Bertz CT molecular complexity index is 1150. The van der Waals surface area contributed by atoms with Gasteiger partial charge in [-0.15, -0.1) is 0 Å². The molecule has 1 fully saturated rings. The average molecular weight is 543 g/mol. The Hall–Kier alpha value is -2.40. The SMILES string of the molecule is CCCC[C@H](CCC)N1C(=O)[C@@H](Cc2ccc(F)cc2)O[C@H](c2ccc(Cl)cc2)[C@@H]1c1ccc(Cl)cc1. The van der Waals surface area contributed by atoms with Crippen molar-refractivity contribution in [1.82, 2.24) is 4.90 Å². The predicted octanol–water partition coefficient (Wildman–Crippen LogP) is 8.74. The first kappa shape index (κ1) is 27.6. The zero-order valence-corrected chi connectivity index (χ0v) is 22.9. The molecule has 0 bridgehead atoms. The summed E-state index contributed by atoms with van der Waals surface area (Å²) in [6.45, 7) is 4.34. The molecule has 3 nitrogen and oxygen atoms in total. The Kier molecular flexibility index (Phi) is 9.64. The minimum Gasteiger partial charge on any atom is -0.358 e. The van der Waals surface area contributed by atoms with Gasteiger partial charge in [-0.1, -0.05) is 92.7 Å². The van der Waals surface area contributed by atoms with Crippen LogP contribution in [0.25, 0.3) is 0 Å². The Morgan fingerprint density at radius 3 is 2.00 bits per heavy atom. The molecule has 196 valence electrons. The standard InChI is InChI=1S/C31H34Cl2FNO2/c1-3-5-7-27(6-4-2)35-29(22-10-14-24(32)15-11-22)30(23-12-16-25(33)17-13-23)37-28(31(35)36)20-21-8-18-26(34)19-9-21/h8-19,27-30H,3-7,20H2,1-2H3/t27-,28+,29-,30+/m0/s1. The number of nitrogens with zero attached hydrogens (tertiary/aromatic N) is 1. The molecule has 0 unspecified atom stereocenters. The number of unbranched alkanes of at least 4 members (excludes halogenated alkanes) is 1.